The number of ketones is 1. The summed E-state index contributed by atoms with van der Waals surface area (Å²) in [6.45, 7) is 2.69. The lowest BCUT2D eigenvalue weighted by Crippen LogP contribution is -2.33. The zero-order valence-corrected chi connectivity index (χ0v) is 8.58. The first-order chi connectivity index (χ1) is 6.24. The number of ether oxygens (including phenoxy) is 1. The van der Waals surface area contributed by atoms with E-state index in [4.69, 9.17) is 4.74 Å². The van der Waals surface area contributed by atoms with Crippen LogP contribution >= 0.6 is 0 Å². The molecule has 0 atom stereocenters. The summed E-state index contributed by atoms with van der Waals surface area (Å²) in [5, 5.41) is 0. The normalized spacial score (nSPS) is 20.5. The molecule has 13 heavy (non-hydrogen) atoms. The molecule has 1 heterocycles. The molecule has 0 spiro atoms. The lowest BCUT2D eigenvalue weighted by Gasteiger charge is -2.27. The summed E-state index contributed by atoms with van der Waals surface area (Å²) in [4.78, 5) is 13.8. The molecule has 1 rings (SSSR count). The molecule has 3 heteroatoms. The van der Waals surface area contributed by atoms with Gasteiger partial charge in [-0.1, -0.05) is 0 Å². The third kappa shape index (κ3) is 3.44. The molecule has 1 aliphatic heterocycles. The highest BCUT2D eigenvalue weighted by molar-refractivity contribution is 5.81. The SMILES string of the molecule is COCCC(=O)C1CCN(C)CC1. The Balaban J connectivity index is 2.23. The summed E-state index contributed by atoms with van der Waals surface area (Å²) in [6, 6.07) is 0. The van der Waals surface area contributed by atoms with Gasteiger partial charge >= 0.3 is 0 Å². The van der Waals surface area contributed by atoms with Gasteiger partial charge < -0.3 is 9.64 Å². The largest absolute Gasteiger partial charge is 0.384 e. The minimum atomic E-state index is 0.298. The number of methoxy groups -OCH3 is 1. The highest BCUT2D eigenvalue weighted by atomic mass is 16.5. The summed E-state index contributed by atoms with van der Waals surface area (Å²) < 4.78 is 4.89. The van der Waals surface area contributed by atoms with Crippen molar-refractivity contribution < 1.29 is 9.53 Å². The second-order valence-corrected chi connectivity index (χ2v) is 3.79. The van der Waals surface area contributed by atoms with Crippen molar-refractivity contribution >= 4 is 5.78 Å². The Morgan fingerprint density at radius 1 is 1.46 bits per heavy atom. The maximum Gasteiger partial charge on any atom is 0.138 e. The van der Waals surface area contributed by atoms with Crippen molar-refractivity contribution in [2.45, 2.75) is 19.3 Å². The van der Waals surface area contributed by atoms with Crippen molar-refractivity contribution in [1.82, 2.24) is 4.90 Å². The van der Waals surface area contributed by atoms with Crippen molar-refractivity contribution in [3.8, 4) is 0 Å². The Labute approximate surface area is 80.1 Å². The fourth-order valence-electron chi connectivity index (χ4n) is 1.74. The molecule has 0 aromatic rings. The van der Waals surface area contributed by atoms with Gasteiger partial charge in [-0.15, -0.1) is 0 Å². The molecule has 0 bridgehead atoms. The first-order valence-corrected chi connectivity index (χ1v) is 4.94. The first kappa shape index (κ1) is 10.7. The van der Waals surface area contributed by atoms with Crippen LogP contribution in [0.4, 0.5) is 0 Å². The molecule has 1 aliphatic rings. The molecular formula is C10H19NO2. The van der Waals surface area contributed by atoms with Crippen LogP contribution in [0.3, 0.4) is 0 Å². The van der Waals surface area contributed by atoms with Gasteiger partial charge in [0.1, 0.15) is 5.78 Å². The van der Waals surface area contributed by atoms with E-state index in [0.717, 1.165) is 25.9 Å². The van der Waals surface area contributed by atoms with Crippen LogP contribution in [0.1, 0.15) is 19.3 Å². The van der Waals surface area contributed by atoms with Gasteiger partial charge in [0.15, 0.2) is 0 Å². The minimum Gasteiger partial charge on any atom is -0.384 e. The van der Waals surface area contributed by atoms with Crippen molar-refractivity contribution in [1.29, 1.82) is 0 Å². The van der Waals surface area contributed by atoms with E-state index in [1.165, 1.54) is 0 Å². The zero-order valence-electron chi connectivity index (χ0n) is 8.58. The fourth-order valence-corrected chi connectivity index (χ4v) is 1.74. The van der Waals surface area contributed by atoms with Gasteiger partial charge in [-0.25, -0.2) is 0 Å². The molecule has 0 saturated carbocycles. The van der Waals surface area contributed by atoms with E-state index >= 15 is 0 Å². The second kappa shape index (κ2) is 5.35. The number of likely N-dealkylation sites (tertiary alicyclic amines) is 1. The molecule has 3 nitrogen and oxygen atoms in total. The number of carbonyl (C=O) groups excluding carboxylic acids is 1. The monoisotopic (exact) mass is 185 g/mol. The number of nitrogens with zero attached hydrogens (tertiary/aromatic N) is 1. The molecule has 1 fully saturated rings. The van der Waals surface area contributed by atoms with Gasteiger partial charge in [-0.2, -0.15) is 0 Å². The van der Waals surface area contributed by atoms with Crippen molar-refractivity contribution in [2.75, 3.05) is 33.9 Å². The second-order valence-electron chi connectivity index (χ2n) is 3.79. The van der Waals surface area contributed by atoms with E-state index in [0.29, 0.717) is 24.7 Å². The molecule has 0 aliphatic carbocycles. The van der Waals surface area contributed by atoms with E-state index in [1.807, 2.05) is 0 Å². The molecule has 0 aromatic carbocycles. The van der Waals surface area contributed by atoms with Crippen LogP contribution in [0.2, 0.25) is 0 Å². The third-order valence-corrected chi connectivity index (χ3v) is 2.73. The van der Waals surface area contributed by atoms with Gasteiger partial charge in [0.25, 0.3) is 0 Å². The van der Waals surface area contributed by atoms with Gasteiger partial charge in [0, 0.05) is 19.4 Å². The maximum absolute atomic E-state index is 11.6. The summed E-state index contributed by atoms with van der Waals surface area (Å²) in [6.07, 6.45) is 2.64. The number of hydrogen-bond donors (Lipinski definition) is 0. The predicted octanol–water partition coefficient (Wildman–Crippen LogP) is 0.934. The van der Waals surface area contributed by atoms with E-state index in [2.05, 4.69) is 11.9 Å². The van der Waals surface area contributed by atoms with Crippen LogP contribution in [-0.2, 0) is 9.53 Å². The van der Waals surface area contributed by atoms with E-state index < -0.39 is 0 Å². The Bertz CT molecular complexity index is 162. The van der Waals surface area contributed by atoms with Crippen LogP contribution in [0, 0.1) is 5.92 Å². The van der Waals surface area contributed by atoms with Crippen LogP contribution < -0.4 is 0 Å². The molecule has 0 radical (unpaired) electrons. The molecule has 1 saturated heterocycles. The Morgan fingerprint density at radius 2 is 2.08 bits per heavy atom. The molecule has 0 N–H and O–H groups in total. The molecule has 0 amide bonds. The molecule has 0 unspecified atom stereocenters. The van der Waals surface area contributed by atoms with Crippen molar-refractivity contribution in [3.05, 3.63) is 0 Å². The molecular weight excluding hydrogens is 166 g/mol. The van der Waals surface area contributed by atoms with E-state index in [-0.39, 0.29) is 0 Å². The number of Topliss-reactive ketones (excluding diaryl/α,β-unsaturated/α-hetero) is 1. The average molecular weight is 185 g/mol. The molecule has 76 valence electrons. The summed E-state index contributed by atoms with van der Waals surface area (Å²) in [5.74, 6) is 0.682. The highest BCUT2D eigenvalue weighted by Gasteiger charge is 2.22. The van der Waals surface area contributed by atoms with Gasteiger partial charge in [0.05, 0.1) is 6.61 Å². The Hall–Kier alpha value is -0.410. The smallest absolute Gasteiger partial charge is 0.138 e. The number of hydrogen-bond acceptors (Lipinski definition) is 3. The predicted molar refractivity (Wildman–Crippen MR) is 51.7 cm³/mol. The minimum absolute atomic E-state index is 0.298. The van der Waals surface area contributed by atoms with Crippen LogP contribution in [0.5, 0.6) is 0 Å². The van der Waals surface area contributed by atoms with E-state index in [1.54, 1.807) is 7.11 Å². The number of carbonyl (C=O) groups is 1. The van der Waals surface area contributed by atoms with Crippen molar-refractivity contribution in [2.24, 2.45) is 5.92 Å². The Morgan fingerprint density at radius 3 is 2.62 bits per heavy atom. The quantitative estimate of drug-likeness (QED) is 0.652. The standard InChI is InChI=1S/C10H19NO2/c1-11-6-3-9(4-7-11)10(12)5-8-13-2/h9H,3-8H2,1-2H3. The lowest BCUT2D eigenvalue weighted by molar-refractivity contribution is -0.125. The maximum atomic E-state index is 11.6. The summed E-state index contributed by atoms with van der Waals surface area (Å²) in [7, 11) is 3.75. The average Bonchev–Trinajstić information content (AvgIpc) is 2.15. The summed E-state index contributed by atoms with van der Waals surface area (Å²) in [5.41, 5.74) is 0. The van der Waals surface area contributed by atoms with Crippen LogP contribution in [0.15, 0.2) is 0 Å². The molecule has 0 aromatic heterocycles. The van der Waals surface area contributed by atoms with Crippen molar-refractivity contribution in [3.63, 3.8) is 0 Å². The highest BCUT2D eigenvalue weighted by Crippen LogP contribution is 2.17. The van der Waals surface area contributed by atoms with Crippen LogP contribution in [0.25, 0.3) is 0 Å². The van der Waals surface area contributed by atoms with Crippen LogP contribution in [-0.4, -0.2) is 44.5 Å². The van der Waals surface area contributed by atoms with Gasteiger partial charge in [-0.3, -0.25) is 4.79 Å². The number of rotatable bonds is 4. The van der Waals surface area contributed by atoms with Gasteiger partial charge in [-0.05, 0) is 33.0 Å². The number of piperidine rings is 1. The zero-order chi connectivity index (χ0) is 9.68. The summed E-state index contributed by atoms with van der Waals surface area (Å²) >= 11 is 0. The Kier molecular flexibility index (Phi) is 4.39. The lowest BCUT2D eigenvalue weighted by atomic mass is 9.91. The topological polar surface area (TPSA) is 29.5 Å². The van der Waals surface area contributed by atoms with Gasteiger partial charge in [0.2, 0.25) is 0 Å². The first-order valence-electron chi connectivity index (χ1n) is 4.94. The van der Waals surface area contributed by atoms with E-state index in [9.17, 15) is 4.79 Å². The third-order valence-electron chi connectivity index (χ3n) is 2.73. The fraction of sp³-hybridized carbons (Fsp3) is 0.900.